The van der Waals surface area contributed by atoms with Crippen LogP contribution in [0.25, 0.3) is 0 Å². The van der Waals surface area contributed by atoms with Crippen molar-refractivity contribution in [2.24, 2.45) is 5.10 Å². The minimum absolute atomic E-state index is 0.673. The maximum Gasteiger partial charge on any atom is 0.229 e. The molecule has 52 valence electrons. The lowest BCUT2D eigenvalue weighted by Crippen LogP contribution is -2.06. The molecule has 0 atom stereocenters. The van der Waals surface area contributed by atoms with Gasteiger partial charge in [0.25, 0.3) is 0 Å². The molecule has 9 heavy (non-hydrogen) atoms. The number of hydrazone groups is 1. The monoisotopic (exact) mass is 128 g/mol. The van der Waals surface area contributed by atoms with Crippen molar-refractivity contribution in [1.29, 1.82) is 0 Å². The molecule has 0 unspecified atom stereocenters. The van der Waals surface area contributed by atoms with Crippen LogP contribution in [0.2, 0.25) is 0 Å². The zero-order valence-corrected chi connectivity index (χ0v) is 5.87. The van der Waals surface area contributed by atoms with E-state index in [1.807, 2.05) is 0 Å². The van der Waals surface area contributed by atoms with Crippen LogP contribution in [-0.4, -0.2) is 24.7 Å². The highest BCUT2D eigenvalue weighted by Gasteiger charge is 1.81. The molecule has 0 heterocycles. The number of rotatable bonds is 4. The zero-order chi connectivity index (χ0) is 7.11. The Balaban J connectivity index is 3.31. The van der Waals surface area contributed by atoms with Gasteiger partial charge in [-0.3, -0.25) is 4.79 Å². The molecule has 0 saturated carbocycles. The van der Waals surface area contributed by atoms with Crippen molar-refractivity contribution < 1.29 is 4.79 Å². The molecule has 0 N–H and O–H groups in total. The maximum absolute atomic E-state index is 9.91. The van der Waals surface area contributed by atoms with E-state index in [-0.39, 0.29) is 0 Å². The predicted molar refractivity (Wildman–Crippen MR) is 37.2 cm³/mol. The van der Waals surface area contributed by atoms with Crippen molar-refractivity contribution in [2.45, 2.75) is 19.8 Å². The molecule has 3 heteroatoms. The van der Waals surface area contributed by atoms with Gasteiger partial charge in [0.15, 0.2) is 0 Å². The van der Waals surface area contributed by atoms with E-state index in [4.69, 9.17) is 0 Å². The Kier molecular flexibility index (Phi) is 4.78. The molecule has 0 bridgehead atoms. The molecule has 0 aromatic rings. The van der Waals surface area contributed by atoms with Crippen LogP contribution in [0.5, 0.6) is 0 Å². The van der Waals surface area contributed by atoms with Crippen LogP contribution in [0.3, 0.4) is 0 Å². The predicted octanol–water partition coefficient (Wildman–Crippen LogP) is 0.861. The highest BCUT2D eigenvalue weighted by Crippen LogP contribution is 1.81. The third kappa shape index (κ3) is 5.00. The fourth-order valence-corrected chi connectivity index (χ4v) is 0.343. The fraction of sp³-hybridized carbons (Fsp3) is 0.667. The second-order valence-electron chi connectivity index (χ2n) is 1.77. The molecule has 0 rings (SSSR count). The lowest BCUT2D eigenvalue weighted by atomic mass is 10.4. The number of hydrogen-bond donors (Lipinski definition) is 0. The maximum atomic E-state index is 9.91. The molecule has 3 nitrogen and oxygen atoms in total. The van der Waals surface area contributed by atoms with Gasteiger partial charge in [0.05, 0.1) is 0 Å². The SMILES string of the molecule is CCC/C=N/N(C)C=O. The summed E-state index contributed by atoms with van der Waals surface area (Å²) in [5, 5.41) is 5.02. The van der Waals surface area contributed by atoms with Gasteiger partial charge in [0.1, 0.15) is 0 Å². The average molecular weight is 128 g/mol. The number of carbonyl (C=O) groups is 1. The molecule has 0 aromatic carbocycles. The average Bonchev–Trinajstić information content (AvgIpc) is 1.89. The van der Waals surface area contributed by atoms with Gasteiger partial charge in [-0.05, 0) is 6.42 Å². The first kappa shape index (κ1) is 8.14. The van der Waals surface area contributed by atoms with Gasteiger partial charge in [-0.2, -0.15) is 5.10 Å². The first-order valence-electron chi connectivity index (χ1n) is 3.01. The van der Waals surface area contributed by atoms with E-state index in [1.54, 1.807) is 13.3 Å². The van der Waals surface area contributed by atoms with Crippen LogP contribution in [0.4, 0.5) is 0 Å². The molecule has 0 aliphatic heterocycles. The standard InChI is InChI=1S/C6H12N2O/c1-3-4-5-7-8(2)6-9/h5-6H,3-4H2,1-2H3/b7-5+. The van der Waals surface area contributed by atoms with E-state index in [0.29, 0.717) is 6.41 Å². The molecule has 0 aliphatic rings. The van der Waals surface area contributed by atoms with Gasteiger partial charge < -0.3 is 0 Å². The summed E-state index contributed by atoms with van der Waals surface area (Å²) < 4.78 is 0. The Hall–Kier alpha value is -0.860. The molecule has 0 aromatic heterocycles. The first-order valence-corrected chi connectivity index (χ1v) is 3.01. The lowest BCUT2D eigenvalue weighted by Gasteiger charge is -1.98. The van der Waals surface area contributed by atoms with E-state index in [1.165, 1.54) is 5.01 Å². The van der Waals surface area contributed by atoms with E-state index in [9.17, 15) is 4.79 Å². The molecule has 0 aliphatic carbocycles. The summed E-state index contributed by atoms with van der Waals surface area (Å²) in [4.78, 5) is 9.91. The quantitative estimate of drug-likeness (QED) is 0.314. The Morgan fingerprint density at radius 3 is 2.78 bits per heavy atom. The van der Waals surface area contributed by atoms with Gasteiger partial charge in [0, 0.05) is 13.3 Å². The Bertz CT molecular complexity index is 101. The van der Waals surface area contributed by atoms with E-state index in [2.05, 4.69) is 12.0 Å². The topological polar surface area (TPSA) is 32.7 Å². The van der Waals surface area contributed by atoms with Crippen molar-refractivity contribution in [2.75, 3.05) is 7.05 Å². The highest BCUT2D eigenvalue weighted by atomic mass is 16.1. The number of nitrogens with zero attached hydrogens (tertiary/aromatic N) is 2. The molecule has 0 radical (unpaired) electrons. The summed E-state index contributed by atoms with van der Waals surface area (Å²) in [6, 6.07) is 0. The van der Waals surface area contributed by atoms with Crippen molar-refractivity contribution in [3.8, 4) is 0 Å². The largest absolute Gasteiger partial charge is 0.277 e. The van der Waals surface area contributed by atoms with Gasteiger partial charge >= 0.3 is 0 Å². The van der Waals surface area contributed by atoms with Crippen molar-refractivity contribution >= 4 is 12.6 Å². The van der Waals surface area contributed by atoms with Gasteiger partial charge in [0.2, 0.25) is 6.41 Å². The fourth-order valence-electron chi connectivity index (χ4n) is 0.343. The summed E-state index contributed by atoms with van der Waals surface area (Å²) in [6.07, 6.45) is 4.40. The highest BCUT2D eigenvalue weighted by molar-refractivity contribution is 5.59. The van der Waals surface area contributed by atoms with Crippen molar-refractivity contribution in [3.05, 3.63) is 0 Å². The normalized spacial score (nSPS) is 10.0. The second kappa shape index (κ2) is 5.28. The molecule has 0 saturated heterocycles. The van der Waals surface area contributed by atoms with Crippen LogP contribution in [-0.2, 0) is 4.79 Å². The van der Waals surface area contributed by atoms with Gasteiger partial charge in [-0.25, -0.2) is 5.01 Å². The number of amides is 1. The molecule has 0 spiro atoms. The van der Waals surface area contributed by atoms with Gasteiger partial charge in [-0.1, -0.05) is 13.3 Å². The van der Waals surface area contributed by atoms with Crippen LogP contribution in [0.1, 0.15) is 19.8 Å². The Morgan fingerprint density at radius 2 is 2.33 bits per heavy atom. The molecular weight excluding hydrogens is 116 g/mol. The van der Waals surface area contributed by atoms with E-state index < -0.39 is 0 Å². The molecule has 1 amide bonds. The van der Waals surface area contributed by atoms with Crippen LogP contribution in [0.15, 0.2) is 5.10 Å². The zero-order valence-electron chi connectivity index (χ0n) is 5.87. The Morgan fingerprint density at radius 1 is 1.67 bits per heavy atom. The third-order valence-corrected chi connectivity index (χ3v) is 0.834. The summed E-state index contributed by atoms with van der Waals surface area (Å²) in [5.41, 5.74) is 0. The molecular formula is C6H12N2O. The summed E-state index contributed by atoms with van der Waals surface area (Å²) in [5.74, 6) is 0. The van der Waals surface area contributed by atoms with Gasteiger partial charge in [-0.15, -0.1) is 0 Å². The van der Waals surface area contributed by atoms with Crippen LogP contribution < -0.4 is 0 Å². The summed E-state index contributed by atoms with van der Waals surface area (Å²) in [6.45, 7) is 2.06. The van der Waals surface area contributed by atoms with Crippen molar-refractivity contribution in [3.63, 3.8) is 0 Å². The number of unbranched alkanes of at least 4 members (excludes halogenated alkanes) is 1. The minimum Gasteiger partial charge on any atom is -0.277 e. The summed E-state index contributed by atoms with van der Waals surface area (Å²) in [7, 11) is 1.61. The van der Waals surface area contributed by atoms with E-state index in [0.717, 1.165) is 12.8 Å². The van der Waals surface area contributed by atoms with E-state index >= 15 is 0 Å². The first-order chi connectivity index (χ1) is 4.31. The lowest BCUT2D eigenvalue weighted by molar-refractivity contribution is -0.116. The minimum atomic E-state index is 0.673. The smallest absolute Gasteiger partial charge is 0.229 e. The summed E-state index contributed by atoms with van der Waals surface area (Å²) >= 11 is 0. The van der Waals surface area contributed by atoms with Crippen LogP contribution >= 0.6 is 0 Å². The number of carbonyl (C=O) groups excluding carboxylic acids is 1. The van der Waals surface area contributed by atoms with Crippen molar-refractivity contribution in [1.82, 2.24) is 5.01 Å². The molecule has 0 fully saturated rings. The third-order valence-electron chi connectivity index (χ3n) is 0.834. The van der Waals surface area contributed by atoms with Crippen LogP contribution in [0, 0.1) is 0 Å². The number of hydrogen-bond acceptors (Lipinski definition) is 2. The Labute approximate surface area is 55.4 Å². The second-order valence-corrected chi connectivity index (χ2v) is 1.77.